The fourth-order valence-electron chi connectivity index (χ4n) is 3.61. The predicted molar refractivity (Wildman–Crippen MR) is 125 cm³/mol. The van der Waals surface area contributed by atoms with Crippen molar-refractivity contribution in [2.45, 2.75) is 52.3 Å². The molecule has 0 spiro atoms. The van der Waals surface area contributed by atoms with Gasteiger partial charge in [0.05, 0.1) is 13.2 Å². The number of ketones is 1. The molecule has 1 aliphatic rings. The first-order valence-corrected chi connectivity index (χ1v) is 10.8. The molecular weight excluding hydrogens is 402 g/mol. The van der Waals surface area contributed by atoms with Crippen LogP contribution < -0.4 is 4.74 Å². The van der Waals surface area contributed by atoms with Gasteiger partial charge in [-0.2, -0.15) is 0 Å². The molecule has 0 N–H and O–H groups in total. The molecule has 5 nitrogen and oxygen atoms in total. The van der Waals surface area contributed by atoms with E-state index in [9.17, 15) is 9.59 Å². The molecule has 2 aromatic rings. The molecule has 0 amide bonds. The van der Waals surface area contributed by atoms with E-state index < -0.39 is 11.6 Å². The molecule has 32 heavy (non-hydrogen) atoms. The highest BCUT2D eigenvalue weighted by atomic mass is 16.6. The van der Waals surface area contributed by atoms with E-state index in [1.54, 1.807) is 20.1 Å². The highest BCUT2D eigenvalue weighted by Crippen LogP contribution is 2.34. The van der Waals surface area contributed by atoms with Gasteiger partial charge in [-0.25, -0.2) is 4.79 Å². The molecule has 0 aliphatic carbocycles. The molecule has 3 rings (SSSR count). The minimum Gasteiger partial charge on any atom is -0.497 e. The Morgan fingerprint density at radius 3 is 2.34 bits per heavy atom. The second-order valence-electron chi connectivity index (χ2n) is 8.99. The van der Waals surface area contributed by atoms with Crippen LogP contribution in [0.5, 0.6) is 5.75 Å². The average Bonchev–Trinajstić information content (AvgIpc) is 2.75. The van der Waals surface area contributed by atoms with Crippen molar-refractivity contribution < 1.29 is 19.1 Å². The number of methoxy groups -OCH3 is 1. The molecule has 0 saturated heterocycles. The molecule has 5 heteroatoms. The summed E-state index contributed by atoms with van der Waals surface area (Å²) >= 11 is 0. The lowest BCUT2D eigenvalue weighted by Crippen LogP contribution is -2.31. The molecule has 0 bridgehead atoms. The number of ether oxygens (including phenoxy) is 2. The van der Waals surface area contributed by atoms with Crippen LogP contribution in [-0.2, 0) is 20.9 Å². The molecule has 1 aliphatic heterocycles. The summed E-state index contributed by atoms with van der Waals surface area (Å²) in [5.74, 6) is 0.355. The Morgan fingerprint density at radius 1 is 1.09 bits per heavy atom. The summed E-state index contributed by atoms with van der Waals surface area (Å²) in [5.41, 5.74) is 2.51. The topological polar surface area (TPSA) is 55.8 Å². The summed E-state index contributed by atoms with van der Waals surface area (Å²) in [7, 11) is 1.63. The quantitative estimate of drug-likeness (QED) is 0.452. The minimum absolute atomic E-state index is 0.00182. The zero-order chi connectivity index (χ0) is 23.3. The Balaban J connectivity index is 1.93. The van der Waals surface area contributed by atoms with E-state index >= 15 is 0 Å². The van der Waals surface area contributed by atoms with Gasteiger partial charge in [-0.1, -0.05) is 42.5 Å². The van der Waals surface area contributed by atoms with E-state index in [-0.39, 0.29) is 11.8 Å². The molecule has 0 aromatic heterocycles. The Labute approximate surface area is 190 Å². The van der Waals surface area contributed by atoms with Crippen LogP contribution in [0.1, 0.15) is 51.3 Å². The van der Waals surface area contributed by atoms with Crippen LogP contribution in [0.2, 0.25) is 0 Å². The van der Waals surface area contributed by atoms with E-state index in [1.165, 1.54) is 0 Å². The van der Waals surface area contributed by atoms with Gasteiger partial charge in [-0.05, 0) is 57.0 Å². The number of allylic oxidation sites excluding steroid dienone is 2. The van der Waals surface area contributed by atoms with Crippen molar-refractivity contribution in [1.82, 2.24) is 4.90 Å². The van der Waals surface area contributed by atoms with E-state index in [1.807, 2.05) is 69.4 Å². The van der Waals surface area contributed by atoms with Gasteiger partial charge in [0, 0.05) is 30.3 Å². The highest BCUT2D eigenvalue weighted by Gasteiger charge is 2.29. The number of esters is 1. The predicted octanol–water partition coefficient (Wildman–Crippen LogP) is 5.38. The van der Waals surface area contributed by atoms with Gasteiger partial charge in [-0.3, -0.25) is 4.79 Å². The SMILES string of the molecule is COc1ccc(C2CC(=O)C(/C=C(\C)C(=O)OC(C)(C)C)=CN2Cc2ccccc2)cc1. The fraction of sp³-hybridized carbons (Fsp3) is 0.333. The number of carbonyl (C=O) groups is 2. The van der Waals surface area contributed by atoms with E-state index in [0.717, 1.165) is 16.9 Å². The number of nitrogens with zero attached hydrogens (tertiary/aromatic N) is 1. The average molecular weight is 434 g/mol. The van der Waals surface area contributed by atoms with E-state index in [4.69, 9.17) is 9.47 Å². The molecule has 168 valence electrons. The first-order chi connectivity index (χ1) is 15.2. The maximum atomic E-state index is 13.0. The second-order valence-corrected chi connectivity index (χ2v) is 8.99. The van der Waals surface area contributed by atoms with Gasteiger partial charge in [0.15, 0.2) is 5.78 Å². The Kier molecular flexibility index (Phi) is 7.18. The van der Waals surface area contributed by atoms with Crippen LogP contribution in [0.4, 0.5) is 0 Å². The largest absolute Gasteiger partial charge is 0.497 e. The molecule has 0 saturated carbocycles. The number of carbonyl (C=O) groups excluding carboxylic acids is 2. The van der Waals surface area contributed by atoms with Crippen LogP contribution in [0.25, 0.3) is 0 Å². The van der Waals surface area contributed by atoms with Crippen molar-refractivity contribution in [2.24, 2.45) is 0 Å². The van der Waals surface area contributed by atoms with Crippen LogP contribution in [0, 0.1) is 0 Å². The molecule has 1 atom stereocenters. The van der Waals surface area contributed by atoms with Crippen LogP contribution >= 0.6 is 0 Å². The first kappa shape index (κ1) is 23.3. The summed E-state index contributed by atoms with van der Waals surface area (Å²) in [4.78, 5) is 27.6. The molecule has 0 fully saturated rings. The smallest absolute Gasteiger partial charge is 0.334 e. The summed E-state index contributed by atoms with van der Waals surface area (Å²) in [5, 5.41) is 0. The van der Waals surface area contributed by atoms with Crippen molar-refractivity contribution in [2.75, 3.05) is 7.11 Å². The van der Waals surface area contributed by atoms with Crippen LogP contribution in [0.3, 0.4) is 0 Å². The van der Waals surface area contributed by atoms with Crippen molar-refractivity contribution >= 4 is 11.8 Å². The highest BCUT2D eigenvalue weighted by molar-refractivity contribution is 6.01. The Bertz CT molecular complexity index is 1010. The number of benzene rings is 2. The lowest BCUT2D eigenvalue weighted by atomic mass is 9.92. The molecule has 1 heterocycles. The number of rotatable bonds is 6. The van der Waals surface area contributed by atoms with Crippen molar-refractivity contribution in [1.29, 1.82) is 0 Å². The van der Waals surface area contributed by atoms with Crippen molar-refractivity contribution in [3.8, 4) is 5.75 Å². The molecule has 1 unspecified atom stereocenters. The summed E-state index contributed by atoms with van der Waals surface area (Å²) in [6.45, 7) is 7.80. The zero-order valence-corrected chi connectivity index (χ0v) is 19.4. The maximum Gasteiger partial charge on any atom is 0.334 e. The van der Waals surface area contributed by atoms with Gasteiger partial charge in [-0.15, -0.1) is 0 Å². The third-order valence-electron chi connectivity index (χ3n) is 5.21. The normalized spacial score (nSPS) is 17.1. The monoisotopic (exact) mass is 433 g/mol. The zero-order valence-electron chi connectivity index (χ0n) is 19.4. The number of hydrogen-bond donors (Lipinski definition) is 0. The molecular formula is C27H31NO4. The van der Waals surface area contributed by atoms with E-state index in [0.29, 0.717) is 24.1 Å². The Morgan fingerprint density at radius 2 is 1.75 bits per heavy atom. The van der Waals surface area contributed by atoms with Gasteiger partial charge in [0.25, 0.3) is 0 Å². The maximum absolute atomic E-state index is 13.0. The third-order valence-corrected chi connectivity index (χ3v) is 5.21. The van der Waals surface area contributed by atoms with Crippen LogP contribution in [0.15, 0.2) is 78.0 Å². The molecule has 0 radical (unpaired) electrons. The van der Waals surface area contributed by atoms with Gasteiger partial charge in [0.2, 0.25) is 0 Å². The van der Waals surface area contributed by atoms with Crippen molar-refractivity contribution in [3.05, 3.63) is 89.1 Å². The lowest BCUT2D eigenvalue weighted by molar-refractivity contribution is -0.149. The second kappa shape index (κ2) is 9.86. The standard InChI is InChI=1S/C27H31NO4/c1-19(26(30)32-27(2,3)4)15-22-18-28(17-20-9-7-6-8-10-20)24(16-25(22)29)21-11-13-23(31-5)14-12-21/h6-15,18,24H,16-17H2,1-5H3/b19-15+. The molecule has 2 aromatic carbocycles. The number of hydrogen-bond acceptors (Lipinski definition) is 5. The minimum atomic E-state index is -0.587. The first-order valence-electron chi connectivity index (χ1n) is 10.8. The van der Waals surface area contributed by atoms with Gasteiger partial charge in [0.1, 0.15) is 11.4 Å². The Hall–Kier alpha value is -3.34. The van der Waals surface area contributed by atoms with Crippen molar-refractivity contribution in [3.63, 3.8) is 0 Å². The van der Waals surface area contributed by atoms with E-state index in [2.05, 4.69) is 17.0 Å². The number of Topliss-reactive ketones (excluding diaryl/α,β-unsaturated/α-hetero) is 1. The van der Waals surface area contributed by atoms with Gasteiger partial charge < -0.3 is 14.4 Å². The fourth-order valence-corrected chi connectivity index (χ4v) is 3.61. The summed E-state index contributed by atoms with van der Waals surface area (Å²) in [6.07, 6.45) is 3.82. The third kappa shape index (κ3) is 6.10. The van der Waals surface area contributed by atoms with Gasteiger partial charge >= 0.3 is 5.97 Å². The lowest BCUT2D eigenvalue weighted by Gasteiger charge is -2.35. The summed E-state index contributed by atoms with van der Waals surface area (Å²) < 4.78 is 10.7. The summed E-state index contributed by atoms with van der Waals surface area (Å²) in [6, 6.07) is 17.8. The van der Waals surface area contributed by atoms with Crippen LogP contribution in [-0.4, -0.2) is 29.4 Å².